The molecule has 0 spiro atoms. The molecule has 2 amide bonds. The number of aromatic nitrogens is 1. The summed E-state index contributed by atoms with van der Waals surface area (Å²) in [4.78, 5) is 33.1. The lowest BCUT2D eigenvalue weighted by atomic mass is 9.94. The van der Waals surface area contributed by atoms with Gasteiger partial charge in [0.25, 0.3) is 5.91 Å². The van der Waals surface area contributed by atoms with Crippen LogP contribution in [0.4, 0.5) is 5.69 Å². The summed E-state index contributed by atoms with van der Waals surface area (Å²) >= 11 is 1.59. The Morgan fingerprint density at radius 2 is 1.66 bits per heavy atom. The molecule has 2 fully saturated rings. The molecule has 4 aromatic rings. The molecule has 3 aromatic carbocycles. The number of anilines is 1. The van der Waals surface area contributed by atoms with Gasteiger partial charge in [-0.05, 0) is 86.0 Å². The first kappa shape index (κ1) is 27.6. The van der Waals surface area contributed by atoms with Crippen LogP contribution in [0.5, 0.6) is 5.75 Å². The lowest BCUT2D eigenvalue weighted by Gasteiger charge is -2.36. The number of hydrogen-bond acceptors (Lipinski definition) is 7. The summed E-state index contributed by atoms with van der Waals surface area (Å²) in [7, 11) is -2.54. The van der Waals surface area contributed by atoms with Gasteiger partial charge in [-0.1, -0.05) is 25.3 Å². The van der Waals surface area contributed by atoms with E-state index in [1.165, 1.54) is 29.1 Å². The minimum Gasteiger partial charge on any atom is -0.497 e. The molecular weight excluding hydrogens is 558 g/mol. The van der Waals surface area contributed by atoms with E-state index in [0.717, 1.165) is 45.0 Å². The third kappa shape index (κ3) is 5.16. The molecule has 10 heteroatoms. The number of carbonyl (C=O) groups excluding carboxylic acids is 2. The fraction of sp³-hybridized carbons (Fsp3) is 0.323. The van der Waals surface area contributed by atoms with Crippen molar-refractivity contribution in [1.29, 1.82) is 0 Å². The highest BCUT2D eigenvalue weighted by Gasteiger charge is 2.49. The molecule has 0 radical (unpaired) electrons. The molecule has 41 heavy (non-hydrogen) atoms. The second-order valence-corrected chi connectivity index (χ2v) is 13.5. The fourth-order valence-corrected chi connectivity index (χ4v) is 8.71. The molecule has 1 saturated carbocycles. The molecule has 2 aliphatic rings. The third-order valence-electron chi connectivity index (χ3n) is 7.92. The number of thiazole rings is 1. The number of nitrogens with zero attached hydrogens (tertiary/aromatic N) is 3. The van der Waals surface area contributed by atoms with Crippen molar-refractivity contribution in [3.05, 3.63) is 72.3 Å². The van der Waals surface area contributed by atoms with Crippen molar-refractivity contribution in [3.8, 4) is 16.3 Å². The van der Waals surface area contributed by atoms with E-state index in [1.54, 1.807) is 35.6 Å². The van der Waals surface area contributed by atoms with Crippen molar-refractivity contribution < 1.29 is 22.7 Å². The first-order valence-corrected chi connectivity index (χ1v) is 16.0. The van der Waals surface area contributed by atoms with E-state index >= 15 is 0 Å². The minimum absolute atomic E-state index is 0.0814. The highest BCUT2D eigenvalue weighted by atomic mass is 32.2. The Bertz CT molecular complexity index is 1710. The first-order valence-electron chi connectivity index (χ1n) is 13.8. The van der Waals surface area contributed by atoms with E-state index in [9.17, 15) is 18.0 Å². The quantitative estimate of drug-likeness (QED) is 0.248. The van der Waals surface area contributed by atoms with Crippen LogP contribution in [0.25, 0.3) is 20.8 Å². The molecule has 6 rings (SSSR count). The van der Waals surface area contributed by atoms with Crippen LogP contribution >= 0.6 is 11.3 Å². The molecule has 8 nitrogen and oxygen atoms in total. The van der Waals surface area contributed by atoms with Crippen molar-refractivity contribution >= 4 is 49.1 Å². The van der Waals surface area contributed by atoms with Gasteiger partial charge in [-0.25, -0.2) is 18.3 Å². The largest absolute Gasteiger partial charge is 0.497 e. The molecule has 2 heterocycles. The maximum Gasteiger partial charge on any atom is 0.252 e. The SMILES string of the molecule is COc1ccc(S(=O)(=O)N(C2CCCCC2)C2CC(=O)N(c3ccc(-c4nc5ccc(C)cc5s4)cc3)C2=O)cc1. The lowest BCUT2D eigenvalue weighted by Crippen LogP contribution is -2.51. The molecule has 1 aliphatic carbocycles. The van der Waals surface area contributed by atoms with Crippen LogP contribution in [0.15, 0.2) is 71.6 Å². The summed E-state index contributed by atoms with van der Waals surface area (Å²) in [6.07, 6.45) is 3.91. The predicted octanol–water partition coefficient (Wildman–Crippen LogP) is 5.94. The second-order valence-electron chi connectivity index (χ2n) is 10.6. The number of sulfonamides is 1. The highest BCUT2D eigenvalue weighted by Crippen LogP contribution is 2.37. The molecule has 0 bridgehead atoms. The van der Waals surface area contributed by atoms with Crippen LogP contribution in [0.2, 0.25) is 0 Å². The van der Waals surface area contributed by atoms with E-state index in [1.807, 2.05) is 31.2 Å². The second kappa shape index (κ2) is 11.0. The first-order chi connectivity index (χ1) is 19.8. The van der Waals surface area contributed by atoms with Crippen molar-refractivity contribution in [2.45, 2.75) is 62.4 Å². The summed E-state index contributed by atoms with van der Waals surface area (Å²) in [5, 5.41) is 0.850. The fourth-order valence-electron chi connectivity index (χ4n) is 5.82. The highest BCUT2D eigenvalue weighted by molar-refractivity contribution is 7.89. The summed E-state index contributed by atoms with van der Waals surface area (Å²) < 4.78 is 35.6. The standard InChI is InChI=1S/C31H31N3O5S2/c1-20-8-17-26-28(18-20)40-30(32-26)21-9-11-22(12-10-21)33-29(35)19-27(31(33)36)34(23-6-4-3-5-7-23)41(37,38)25-15-13-24(39-2)14-16-25/h8-18,23,27H,3-7,19H2,1-2H3. The normalized spacial score (nSPS) is 18.5. The lowest BCUT2D eigenvalue weighted by molar-refractivity contribution is -0.122. The van der Waals surface area contributed by atoms with Crippen molar-refractivity contribution in [1.82, 2.24) is 9.29 Å². The molecular formula is C31H31N3O5S2. The Balaban J connectivity index is 1.30. The van der Waals surface area contributed by atoms with Gasteiger partial charge in [-0.2, -0.15) is 4.31 Å². The van der Waals surface area contributed by atoms with Crippen LogP contribution < -0.4 is 9.64 Å². The molecule has 1 unspecified atom stereocenters. The molecule has 0 N–H and O–H groups in total. The third-order valence-corrected chi connectivity index (χ3v) is 11.0. The number of methoxy groups -OCH3 is 1. The van der Waals surface area contributed by atoms with E-state index in [4.69, 9.17) is 9.72 Å². The Hall–Kier alpha value is -3.60. The number of rotatable bonds is 7. The smallest absolute Gasteiger partial charge is 0.252 e. The number of imide groups is 1. The van der Waals surface area contributed by atoms with Gasteiger partial charge in [0.1, 0.15) is 16.8 Å². The number of aryl methyl sites for hydroxylation is 1. The van der Waals surface area contributed by atoms with Crippen LogP contribution in [0.1, 0.15) is 44.1 Å². The summed E-state index contributed by atoms with van der Waals surface area (Å²) in [5.41, 5.74) is 3.40. The predicted molar refractivity (Wildman–Crippen MR) is 160 cm³/mol. The maximum absolute atomic E-state index is 14.0. The van der Waals surface area contributed by atoms with Crippen molar-refractivity contribution in [2.24, 2.45) is 0 Å². The van der Waals surface area contributed by atoms with Gasteiger partial charge in [0.2, 0.25) is 15.9 Å². The van der Waals surface area contributed by atoms with E-state index in [-0.39, 0.29) is 17.4 Å². The van der Waals surface area contributed by atoms with E-state index in [0.29, 0.717) is 24.3 Å². The van der Waals surface area contributed by atoms with Crippen LogP contribution in [0, 0.1) is 6.92 Å². The van der Waals surface area contributed by atoms with Crippen LogP contribution in [-0.2, 0) is 19.6 Å². The number of benzene rings is 3. The monoisotopic (exact) mass is 589 g/mol. The summed E-state index contributed by atoms with van der Waals surface area (Å²) in [6, 6.07) is 18.0. The zero-order valence-corrected chi connectivity index (χ0v) is 24.6. The molecule has 1 aliphatic heterocycles. The summed E-state index contributed by atoms with van der Waals surface area (Å²) in [5.74, 6) is -0.384. The van der Waals surface area contributed by atoms with Gasteiger partial charge in [0.15, 0.2) is 0 Å². The molecule has 1 atom stereocenters. The van der Waals surface area contributed by atoms with Gasteiger partial charge in [0.05, 0.1) is 34.3 Å². The van der Waals surface area contributed by atoms with Gasteiger partial charge in [0, 0.05) is 11.6 Å². The Morgan fingerprint density at radius 3 is 2.34 bits per heavy atom. The zero-order valence-electron chi connectivity index (χ0n) is 22.9. The summed E-state index contributed by atoms with van der Waals surface area (Å²) in [6.45, 7) is 2.04. The van der Waals surface area contributed by atoms with Gasteiger partial charge in [-0.3, -0.25) is 9.59 Å². The Labute approximate surface area is 243 Å². The number of fused-ring (bicyclic) bond motifs is 1. The van der Waals surface area contributed by atoms with Gasteiger partial charge in [-0.15, -0.1) is 11.3 Å². The van der Waals surface area contributed by atoms with E-state index in [2.05, 4.69) is 6.07 Å². The van der Waals surface area contributed by atoms with Gasteiger partial charge >= 0.3 is 0 Å². The van der Waals surface area contributed by atoms with Gasteiger partial charge < -0.3 is 4.74 Å². The number of ether oxygens (including phenoxy) is 1. The van der Waals surface area contributed by atoms with E-state index < -0.39 is 27.9 Å². The number of hydrogen-bond donors (Lipinski definition) is 0. The molecule has 1 saturated heterocycles. The number of amides is 2. The van der Waals surface area contributed by atoms with Crippen molar-refractivity contribution in [3.63, 3.8) is 0 Å². The molecule has 1 aromatic heterocycles. The average molecular weight is 590 g/mol. The molecule has 212 valence electrons. The minimum atomic E-state index is -4.06. The zero-order chi connectivity index (χ0) is 28.7. The Morgan fingerprint density at radius 1 is 0.951 bits per heavy atom. The van der Waals surface area contributed by atoms with Crippen molar-refractivity contribution in [2.75, 3.05) is 12.0 Å². The Kier molecular flexibility index (Phi) is 7.39. The van der Waals surface area contributed by atoms with Crippen LogP contribution in [-0.4, -0.2) is 48.7 Å². The number of carbonyl (C=O) groups is 2. The topological polar surface area (TPSA) is 96.9 Å². The maximum atomic E-state index is 14.0. The van der Waals surface area contributed by atoms with Crippen LogP contribution in [0.3, 0.4) is 0 Å². The average Bonchev–Trinajstić information content (AvgIpc) is 3.53.